The highest BCUT2D eigenvalue weighted by Gasteiger charge is 2.17. The summed E-state index contributed by atoms with van der Waals surface area (Å²) in [5.41, 5.74) is 2.30. The van der Waals surface area contributed by atoms with Crippen molar-refractivity contribution in [3.05, 3.63) is 35.5 Å². The molecule has 1 aromatic carbocycles. The molecular weight excluding hydrogens is 183 g/mol. The Morgan fingerprint density at radius 2 is 2.29 bits per heavy atom. The number of rotatable bonds is 0. The molecule has 0 saturated heterocycles. The van der Waals surface area contributed by atoms with Crippen molar-refractivity contribution >= 4 is 10.9 Å². The second-order valence-corrected chi connectivity index (χ2v) is 3.27. The van der Waals surface area contributed by atoms with Gasteiger partial charge in [0, 0.05) is 11.6 Å². The maximum absolute atomic E-state index is 13.5. The van der Waals surface area contributed by atoms with Crippen LogP contribution in [0.3, 0.4) is 0 Å². The molecule has 14 heavy (non-hydrogen) atoms. The number of fused-ring (bicyclic) bond motifs is 3. The van der Waals surface area contributed by atoms with Crippen molar-refractivity contribution in [1.82, 2.24) is 9.97 Å². The standard InChI is InChI=1S/C10H7FN2O/c11-9-1-6-3-14-4-8(6)7-2-12-5-13-10(7)9/h1-2,5H,3-4H2. The molecule has 0 atom stereocenters. The van der Waals surface area contributed by atoms with Gasteiger partial charge in [-0.15, -0.1) is 0 Å². The van der Waals surface area contributed by atoms with Gasteiger partial charge in [-0.2, -0.15) is 0 Å². The molecule has 70 valence electrons. The fourth-order valence-electron chi connectivity index (χ4n) is 1.78. The Hall–Kier alpha value is -1.55. The Kier molecular flexibility index (Phi) is 1.52. The Bertz CT molecular complexity index is 513. The monoisotopic (exact) mass is 190 g/mol. The van der Waals surface area contributed by atoms with Gasteiger partial charge in [-0.25, -0.2) is 14.4 Å². The van der Waals surface area contributed by atoms with Crippen LogP contribution in [0.15, 0.2) is 18.6 Å². The molecular formula is C10H7FN2O. The molecule has 0 bridgehead atoms. The molecule has 0 N–H and O–H groups in total. The average Bonchev–Trinajstić information content (AvgIpc) is 2.66. The third-order valence-electron chi connectivity index (χ3n) is 2.46. The van der Waals surface area contributed by atoms with E-state index in [1.165, 1.54) is 12.4 Å². The second kappa shape index (κ2) is 2.72. The fourth-order valence-corrected chi connectivity index (χ4v) is 1.78. The molecule has 0 aliphatic carbocycles. The minimum Gasteiger partial charge on any atom is -0.372 e. The third kappa shape index (κ3) is 0.943. The predicted octanol–water partition coefficient (Wildman–Crippen LogP) is 1.80. The minimum absolute atomic E-state index is 0.299. The smallest absolute Gasteiger partial charge is 0.149 e. The Morgan fingerprint density at radius 3 is 3.21 bits per heavy atom. The summed E-state index contributed by atoms with van der Waals surface area (Å²) in [6.07, 6.45) is 2.99. The SMILES string of the molecule is Fc1cc2c(c3cncnc13)COC2. The van der Waals surface area contributed by atoms with Crippen LogP contribution < -0.4 is 0 Å². The molecule has 4 heteroatoms. The molecule has 0 radical (unpaired) electrons. The number of nitrogens with zero attached hydrogens (tertiary/aromatic N) is 2. The number of hydrogen-bond donors (Lipinski definition) is 0. The van der Waals surface area contributed by atoms with Crippen LogP contribution >= 0.6 is 0 Å². The van der Waals surface area contributed by atoms with E-state index in [0.29, 0.717) is 18.7 Å². The first kappa shape index (κ1) is 7.82. The Labute approximate surface area is 79.6 Å². The summed E-state index contributed by atoms with van der Waals surface area (Å²) in [5.74, 6) is -0.299. The first-order valence-electron chi connectivity index (χ1n) is 4.34. The molecule has 0 amide bonds. The second-order valence-electron chi connectivity index (χ2n) is 3.27. The lowest BCUT2D eigenvalue weighted by Gasteiger charge is -2.02. The van der Waals surface area contributed by atoms with Gasteiger partial charge in [0.05, 0.1) is 13.2 Å². The normalized spacial score (nSPS) is 14.6. The maximum Gasteiger partial charge on any atom is 0.149 e. The minimum atomic E-state index is -0.299. The van der Waals surface area contributed by atoms with Gasteiger partial charge in [0.15, 0.2) is 0 Å². The molecule has 2 heterocycles. The van der Waals surface area contributed by atoms with Crippen molar-refractivity contribution in [3.8, 4) is 0 Å². The summed E-state index contributed by atoms with van der Waals surface area (Å²) in [5, 5.41) is 0.764. The molecule has 3 rings (SSSR count). The number of halogens is 1. The van der Waals surface area contributed by atoms with E-state index in [4.69, 9.17) is 4.74 Å². The van der Waals surface area contributed by atoms with Crippen LogP contribution in [0.25, 0.3) is 10.9 Å². The van der Waals surface area contributed by atoms with Crippen LogP contribution in [0.1, 0.15) is 11.1 Å². The van der Waals surface area contributed by atoms with Crippen molar-refractivity contribution in [3.63, 3.8) is 0 Å². The van der Waals surface area contributed by atoms with E-state index in [-0.39, 0.29) is 5.82 Å². The number of hydrogen-bond acceptors (Lipinski definition) is 3. The van der Waals surface area contributed by atoms with Crippen LogP contribution in [-0.4, -0.2) is 9.97 Å². The topological polar surface area (TPSA) is 35.0 Å². The summed E-state index contributed by atoms with van der Waals surface area (Å²) < 4.78 is 18.8. The first-order chi connectivity index (χ1) is 6.86. The first-order valence-corrected chi connectivity index (χ1v) is 4.34. The van der Waals surface area contributed by atoms with Gasteiger partial charge in [-0.05, 0) is 17.2 Å². The average molecular weight is 190 g/mol. The van der Waals surface area contributed by atoms with Gasteiger partial charge in [-0.3, -0.25) is 0 Å². The van der Waals surface area contributed by atoms with Gasteiger partial charge in [0.1, 0.15) is 17.7 Å². The number of benzene rings is 1. The van der Waals surface area contributed by atoms with Gasteiger partial charge >= 0.3 is 0 Å². The van der Waals surface area contributed by atoms with Crippen LogP contribution in [0.4, 0.5) is 4.39 Å². The summed E-state index contributed by atoms with van der Waals surface area (Å²) >= 11 is 0. The quantitative estimate of drug-likeness (QED) is 0.635. The molecule has 0 unspecified atom stereocenters. The summed E-state index contributed by atoms with van der Waals surface area (Å²) in [4.78, 5) is 7.81. The van der Waals surface area contributed by atoms with E-state index < -0.39 is 0 Å². The number of ether oxygens (including phenoxy) is 1. The van der Waals surface area contributed by atoms with E-state index in [1.54, 1.807) is 6.20 Å². The van der Waals surface area contributed by atoms with Crippen LogP contribution in [0.5, 0.6) is 0 Å². The van der Waals surface area contributed by atoms with Crippen LogP contribution in [-0.2, 0) is 18.0 Å². The predicted molar refractivity (Wildman–Crippen MR) is 48.0 cm³/mol. The highest BCUT2D eigenvalue weighted by molar-refractivity contribution is 5.83. The van der Waals surface area contributed by atoms with Gasteiger partial charge in [-0.1, -0.05) is 0 Å². The lowest BCUT2D eigenvalue weighted by molar-refractivity contribution is 0.135. The molecule has 3 nitrogen and oxygen atoms in total. The highest BCUT2D eigenvalue weighted by atomic mass is 19.1. The van der Waals surface area contributed by atoms with Crippen molar-refractivity contribution in [2.45, 2.75) is 13.2 Å². The molecule has 1 aromatic heterocycles. The van der Waals surface area contributed by atoms with Gasteiger partial charge in [0.2, 0.25) is 0 Å². The van der Waals surface area contributed by atoms with Gasteiger partial charge < -0.3 is 4.74 Å². The largest absolute Gasteiger partial charge is 0.372 e. The summed E-state index contributed by atoms with van der Waals surface area (Å²) in [7, 11) is 0. The zero-order chi connectivity index (χ0) is 9.54. The molecule has 0 fully saturated rings. The van der Waals surface area contributed by atoms with Crippen molar-refractivity contribution in [2.75, 3.05) is 0 Å². The summed E-state index contributed by atoms with van der Waals surface area (Å²) in [6.45, 7) is 1.01. The van der Waals surface area contributed by atoms with E-state index in [0.717, 1.165) is 16.5 Å². The molecule has 2 aromatic rings. The highest BCUT2D eigenvalue weighted by Crippen LogP contribution is 2.28. The van der Waals surface area contributed by atoms with Gasteiger partial charge in [0.25, 0.3) is 0 Å². The van der Waals surface area contributed by atoms with E-state index in [9.17, 15) is 4.39 Å². The van der Waals surface area contributed by atoms with Crippen molar-refractivity contribution in [1.29, 1.82) is 0 Å². The summed E-state index contributed by atoms with van der Waals surface area (Å²) in [6, 6.07) is 1.50. The molecule has 1 aliphatic heterocycles. The Morgan fingerprint density at radius 1 is 1.36 bits per heavy atom. The number of aromatic nitrogens is 2. The van der Waals surface area contributed by atoms with E-state index in [2.05, 4.69) is 9.97 Å². The lowest BCUT2D eigenvalue weighted by atomic mass is 10.1. The maximum atomic E-state index is 13.5. The van der Waals surface area contributed by atoms with E-state index >= 15 is 0 Å². The Balaban J connectivity index is 2.47. The van der Waals surface area contributed by atoms with Crippen molar-refractivity contribution < 1.29 is 9.13 Å². The zero-order valence-electron chi connectivity index (χ0n) is 7.33. The zero-order valence-corrected chi connectivity index (χ0v) is 7.33. The third-order valence-corrected chi connectivity index (χ3v) is 2.46. The van der Waals surface area contributed by atoms with Crippen LogP contribution in [0, 0.1) is 5.82 Å². The molecule has 0 spiro atoms. The van der Waals surface area contributed by atoms with Crippen molar-refractivity contribution in [2.24, 2.45) is 0 Å². The fraction of sp³-hybridized carbons (Fsp3) is 0.200. The lowest BCUT2D eigenvalue weighted by Crippen LogP contribution is -1.92. The van der Waals surface area contributed by atoms with E-state index in [1.807, 2.05) is 0 Å². The van der Waals surface area contributed by atoms with Crippen LogP contribution in [0.2, 0.25) is 0 Å². The molecule has 1 aliphatic rings. The molecule has 0 saturated carbocycles.